The highest BCUT2D eigenvalue weighted by Crippen LogP contribution is 2.38. The predicted molar refractivity (Wildman–Crippen MR) is 349 cm³/mol. The normalized spacial score (nSPS) is 13.8. The Balaban J connectivity index is 0.739. The number of imide groups is 3. The summed E-state index contributed by atoms with van der Waals surface area (Å²) in [6.45, 7) is -0.519. The maximum atomic E-state index is 17.1. The number of nitrogens with zero attached hydrogens (tertiary/aromatic N) is 6. The summed E-state index contributed by atoms with van der Waals surface area (Å²) in [5, 5.41) is 8.04. The number of rotatable bonds is 17. The fraction of sp³-hybridized carbons (Fsp3) is 0.215. The molecule has 5 heterocycles. The average molecular weight is 1450 g/mol. The number of hydrogen-bond acceptors (Lipinski definition) is 19. The molecule has 0 atom stereocenters. The van der Waals surface area contributed by atoms with Crippen LogP contribution in [0.15, 0.2) is 103 Å². The number of halogens is 9. The fourth-order valence-electron chi connectivity index (χ4n) is 10.6. The average Bonchev–Trinajstić information content (AvgIpc) is 1.56. The van der Waals surface area contributed by atoms with E-state index in [1.54, 1.807) is 64.8 Å². The van der Waals surface area contributed by atoms with Crippen LogP contribution in [0.1, 0.15) is 64.5 Å². The third-order valence-corrected chi connectivity index (χ3v) is 19.1. The van der Waals surface area contributed by atoms with Crippen LogP contribution in [0, 0.1) is 34.9 Å². The number of ether oxygens (including phenoxy) is 5. The third-order valence-electron chi connectivity index (χ3n) is 15.4. The van der Waals surface area contributed by atoms with Crippen molar-refractivity contribution in [1.29, 1.82) is 0 Å². The molecule has 2 fully saturated rings. The maximum absolute atomic E-state index is 17.1. The lowest BCUT2D eigenvalue weighted by Crippen LogP contribution is -2.52. The Labute approximate surface area is 572 Å². The molecule has 7 aromatic carbocycles. The van der Waals surface area contributed by atoms with Crippen LogP contribution in [0.4, 0.5) is 40.7 Å². The number of alkyl carbamates (subject to hydrolysis) is 1. The first-order chi connectivity index (χ1) is 46.6. The number of urea groups is 1. The van der Waals surface area contributed by atoms with Crippen LogP contribution in [0.3, 0.4) is 0 Å². The Morgan fingerprint density at radius 3 is 1.59 bits per heavy atom. The SMILES string of the molecule is CN1CCC(OC(=O)NC(=O)c2c(F)c(CN3CCN(C(=O)NC(=O)c4c(F)c(OCc5nc6cc(Cl)ccc6s5)cc(-c5cccc(OC(=O)NC(=O)c6c(F)ccc(OCc7nc8cc(Cl)ccc8s7)c6F)c5)c4F)CC3)cc(OCc3nc4cc(Cl)ccc4s3)c2F)CC1. The highest BCUT2D eigenvalue weighted by atomic mass is 35.5. The van der Waals surface area contributed by atoms with Gasteiger partial charge in [-0.1, -0.05) is 46.9 Å². The molecule has 97 heavy (non-hydrogen) atoms. The quantitative estimate of drug-likeness (QED) is 0.0719. The molecule has 3 N–H and O–H groups in total. The summed E-state index contributed by atoms with van der Waals surface area (Å²) < 4.78 is 128. The minimum absolute atomic E-state index is 0.0364. The van der Waals surface area contributed by atoms with Gasteiger partial charge in [-0.3, -0.25) is 35.2 Å². The molecule has 20 nitrogen and oxygen atoms in total. The van der Waals surface area contributed by atoms with E-state index in [0.717, 1.165) is 56.0 Å². The molecule has 0 spiro atoms. The molecule has 0 radical (unpaired) electrons. The van der Waals surface area contributed by atoms with Gasteiger partial charge < -0.3 is 33.5 Å². The lowest BCUT2D eigenvalue weighted by molar-refractivity contribution is 0.0548. The first kappa shape index (κ1) is 67.8. The van der Waals surface area contributed by atoms with Crippen LogP contribution in [-0.2, 0) is 31.1 Å². The second-order valence-electron chi connectivity index (χ2n) is 22.0. The summed E-state index contributed by atoms with van der Waals surface area (Å²) in [6, 6.07) is 22.3. The monoisotopic (exact) mass is 1450 g/mol. The Morgan fingerprint density at radius 2 is 1.02 bits per heavy atom. The highest BCUT2D eigenvalue weighted by molar-refractivity contribution is 7.19. The largest absolute Gasteiger partial charge is 0.483 e. The maximum Gasteiger partial charge on any atom is 0.419 e. The van der Waals surface area contributed by atoms with Gasteiger partial charge in [0.2, 0.25) is 0 Å². The van der Waals surface area contributed by atoms with Gasteiger partial charge in [0.25, 0.3) is 17.7 Å². The van der Waals surface area contributed by atoms with Gasteiger partial charge in [0.15, 0.2) is 34.7 Å². The second kappa shape index (κ2) is 29.3. The van der Waals surface area contributed by atoms with Crippen LogP contribution in [0.25, 0.3) is 41.8 Å². The second-order valence-corrected chi connectivity index (χ2v) is 26.6. The molecule has 7 amide bonds. The first-order valence-electron chi connectivity index (χ1n) is 29.3. The van der Waals surface area contributed by atoms with E-state index in [2.05, 4.69) is 15.0 Å². The van der Waals surface area contributed by atoms with E-state index in [0.29, 0.717) is 77.3 Å². The summed E-state index contributed by atoms with van der Waals surface area (Å²) in [5.41, 5.74) is -3.00. The molecule has 3 aromatic heterocycles. The van der Waals surface area contributed by atoms with Gasteiger partial charge in [-0.25, -0.2) is 55.7 Å². The van der Waals surface area contributed by atoms with Crippen molar-refractivity contribution in [2.24, 2.45) is 0 Å². The number of hydrogen-bond donors (Lipinski definition) is 3. The summed E-state index contributed by atoms with van der Waals surface area (Å²) in [4.78, 5) is 99.2. The van der Waals surface area contributed by atoms with Crippen molar-refractivity contribution in [2.45, 2.75) is 45.3 Å². The zero-order valence-corrected chi connectivity index (χ0v) is 54.9. The number of piperidine rings is 1. The van der Waals surface area contributed by atoms with Crippen LogP contribution in [0.2, 0.25) is 15.1 Å². The minimum atomic E-state index is -1.57. The van der Waals surface area contributed by atoms with E-state index in [1.807, 2.05) is 22.6 Å². The van der Waals surface area contributed by atoms with E-state index in [9.17, 15) is 28.8 Å². The molecule has 32 heteroatoms. The Morgan fingerprint density at radius 1 is 0.526 bits per heavy atom. The number of nitrogens with one attached hydrogen (secondary N) is 3. The first-order valence-corrected chi connectivity index (χ1v) is 32.9. The molecular formula is C65H48Cl3F6N9O11S3. The minimum Gasteiger partial charge on any atom is -0.483 e. The van der Waals surface area contributed by atoms with Crippen molar-refractivity contribution in [3.63, 3.8) is 0 Å². The van der Waals surface area contributed by atoms with Crippen molar-refractivity contribution < 1.29 is 78.8 Å². The lowest BCUT2D eigenvalue weighted by atomic mass is 10.00. The topological polar surface area (TPSA) is 233 Å². The number of thiazole rings is 3. The number of carbonyl (C=O) groups is 6. The van der Waals surface area contributed by atoms with Gasteiger partial charge in [-0.15, -0.1) is 34.0 Å². The summed E-state index contributed by atoms with van der Waals surface area (Å²) >= 11 is 22.0. The molecule has 2 aliphatic heterocycles. The zero-order chi connectivity index (χ0) is 68.3. The zero-order valence-electron chi connectivity index (χ0n) is 50.2. The van der Waals surface area contributed by atoms with E-state index >= 15 is 26.3 Å². The molecule has 0 saturated carbocycles. The van der Waals surface area contributed by atoms with Gasteiger partial charge in [0.05, 0.1) is 30.6 Å². The highest BCUT2D eigenvalue weighted by Gasteiger charge is 2.33. The number of aromatic nitrogens is 3. The van der Waals surface area contributed by atoms with Gasteiger partial charge >= 0.3 is 18.2 Å². The van der Waals surface area contributed by atoms with Crippen LogP contribution < -0.4 is 34.9 Å². The lowest BCUT2D eigenvalue weighted by Gasteiger charge is -2.34. The number of likely N-dealkylation sites (tertiary alicyclic amines) is 1. The van der Waals surface area contributed by atoms with Gasteiger partial charge in [0, 0.05) is 72.0 Å². The molecular weight excluding hydrogens is 1400 g/mol. The van der Waals surface area contributed by atoms with E-state index < -0.39 is 129 Å². The van der Waals surface area contributed by atoms with Crippen molar-refractivity contribution in [2.75, 3.05) is 46.3 Å². The number of fused-ring (bicyclic) bond motifs is 3. The van der Waals surface area contributed by atoms with Crippen LogP contribution >= 0.6 is 68.8 Å². The number of amides is 7. The Bertz CT molecular complexity index is 4800. The smallest absolute Gasteiger partial charge is 0.419 e. The fourth-order valence-corrected chi connectivity index (χ4v) is 13.6. The van der Waals surface area contributed by atoms with Crippen molar-refractivity contribution in [3.8, 4) is 34.1 Å². The number of benzene rings is 7. The van der Waals surface area contributed by atoms with Crippen LogP contribution in [-0.4, -0.2) is 118 Å². The van der Waals surface area contributed by atoms with E-state index in [-0.39, 0.29) is 57.1 Å². The van der Waals surface area contributed by atoms with E-state index in [4.69, 9.17) is 58.5 Å². The van der Waals surface area contributed by atoms with E-state index in [1.165, 1.54) is 40.9 Å². The Kier molecular flexibility index (Phi) is 20.4. The number of piperazine rings is 1. The standard InChI is InChI=1S/C65H48Cl3F6N9O11S3/c1-81-15-13-36(14-16-81)93-64(88)80-62(86)53-55(70)32(22-44(58(53)73)91-29-50-76-41-24-34(67)6-11-47(41)96-50)27-82-17-19-83(20-18-82)63(87)78-61(85)54-56(71)38(26-45(59(54)74)92-30-51-77-42-25-35(68)7-12-48(42)97-51)31-3-2-4-37(21-31)94-65(89)79-60(84)52-39(69)8-9-43(57(52)72)90-28-49-75-40-23-33(66)5-10-46(40)95-49/h2-12,21-26,36H,13-20,27-30H2,1H3,(H,78,85,87)(H,79,84,89)(H,80,86,88). The molecule has 500 valence electrons. The third kappa shape index (κ3) is 15.6. The van der Waals surface area contributed by atoms with Gasteiger partial charge in [-0.05, 0) is 116 Å². The molecule has 2 aliphatic rings. The van der Waals surface area contributed by atoms with Gasteiger partial charge in [0.1, 0.15) is 80.8 Å². The molecule has 0 aliphatic carbocycles. The molecule has 2 saturated heterocycles. The molecule has 12 rings (SSSR count). The molecule has 10 aromatic rings. The number of carbonyl (C=O) groups excluding carboxylic acids is 6. The van der Waals surface area contributed by atoms with Crippen molar-refractivity contribution in [1.82, 2.24) is 45.6 Å². The summed E-state index contributed by atoms with van der Waals surface area (Å²) in [7, 11) is 1.89. The van der Waals surface area contributed by atoms with Gasteiger partial charge in [-0.2, -0.15) is 0 Å². The summed E-state index contributed by atoms with van der Waals surface area (Å²) in [5.74, 6) is -15.4. The molecule has 0 bridgehead atoms. The van der Waals surface area contributed by atoms with Crippen molar-refractivity contribution in [3.05, 3.63) is 190 Å². The molecule has 0 unspecified atom stereocenters. The predicted octanol–water partition coefficient (Wildman–Crippen LogP) is 14.3. The Hall–Kier alpha value is -9.20. The van der Waals surface area contributed by atoms with Crippen LogP contribution in [0.5, 0.6) is 23.0 Å². The van der Waals surface area contributed by atoms with Crippen molar-refractivity contribution >= 4 is 135 Å². The summed E-state index contributed by atoms with van der Waals surface area (Å²) in [6.07, 6.45) is -2.37.